The van der Waals surface area contributed by atoms with E-state index >= 15 is 0 Å². The summed E-state index contributed by atoms with van der Waals surface area (Å²) >= 11 is 1.27. The van der Waals surface area contributed by atoms with Crippen LogP contribution in [-0.4, -0.2) is 46.1 Å². The Kier molecular flexibility index (Phi) is 3.96. The van der Waals surface area contributed by atoms with Gasteiger partial charge < -0.3 is 21.1 Å². The summed E-state index contributed by atoms with van der Waals surface area (Å²) in [6.07, 6.45) is 1.58. The number of carbonyl (C=O) groups is 1. The Morgan fingerprint density at radius 1 is 1.68 bits per heavy atom. The van der Waals surface area contributed by atoms with Gasteiger partial charge >= 0.3 is 0 Å². The molecule has 1 amide bonds. The van der Waals surface area contributed by atoms with Crippen LogP contribution in [0.5, 0.6) is 0 Å². The van der Waals surface area contributed by atoms with Crippen molar-refractivity contribution in [2.24, 2.45) is 0 Å². The lowest BCUT2D eigenvalue weighted by Crippen LogP contribution is -2.33. The molecule has 0 aromatic carbocycles. The molecule has 6 nitrogen and oxygen atoms in total. The quantitative estimate of drug-likeness (QED) is 0.771. The topological polar surface area (TPSA) is 91.5 Å². The Labute approximate surface area is 116 Å². The highest BCUT2D eigenvalue weighted by Crippen LogP contribution is 2.29. The Morgan fingerprint density at radius 3 is 3.00 bits per heavy atom. The van der Waals surface area contributed by atoms with E-state index in [1.807, 2.05) is 0 Å². The Balaban J connectivity index is 2.09. The summed E-state index contributed by atoms with van der Waals surface area (Å²) in [5.74, 6) is 0.123. The molecule has 1 aromatic heterocycles. The number of aliphatic hydroxyl groups is 1. The number of aromatic nitrogens is 1. The van der Waals surface area contributed by atoms with E-state index in [1.54, 1.807) is 11.8 Å². The molecule has 2 heterocycles. The normalized spacial score (nSPS) is 22.8. The number of carbonyl (C=O) groups excluding carboxylic acids is 1. The van der Waals surface area contributed by atoms with Crippen molar-refractivity contribution in [2.75, 3.05) is 30.7 Å². The van der Waals surface area contributed by atoms with Crippen molar-refractivity contribution in [1.29, 1.82) is 0 Å². The van der Waals surface area contributed by atoms with E-state index in [-0.39, 0.29) is 11.7 Å². The largest absolute Gasteiger partial charge is 0.388 e. The minimum atomic E-state index is -0.793. The number of nitrogens with two attached hydrogens (primary N) is 1. The van der Waals surface area contributed by atoms with Crippen molar-refractivity contribution in [2.45, 2.75) is 32.3 Å². The molecule has 1 aromatic rings. The van der Waals surface area contributed by atoms with Gasteiger partial charge in [-0.15, -0.1) is 0 Å². The van der Waals surface area contributed by atoms with Crippen molar-refractivity contribution in [1.82, 2.24) is 9.88 Å². The number of rotatable bonds is 4. The minimum Gasteiger partial charge on any atom is -0.388 e. The third kappa shape index (κ3) is 3.16. The molecule has 7 heteroatoms. The van der Waals surface area contributed by atoms with E-state index in [9.17, 15) is 9.90 Å². The molecule has 0 saturated carbocycles. The van der Waals surface area contributed by atoms with Crippen LogP contribution in [0.15, 0.2) is 0 Å². The average molecular weight is 284 g/mol. The molecule has 1 fully saturated rings. The molecule has 2 rings (SSSR count). The third-order valence-electron chi connectivity index (χ3n) is 3.11. The average Bonchev–Trinajstić information content (AvgIpc) is 2.89. The van der Waals surface area contributed by atoms with Gasteiger partial charge in [0.1, 0.15) is 10.7 Å². The number of amides is 1. The molecule has 0 bridgehead atoms. The highest BCUT2D eigenvalue weighted by atomic mass is 32.1. The number of nitrogen functional groups attached to an aromatic ring is 1. The van der Waals surface area contributed by atoms with Crippen LogP contribution in [0.1, 0.15) is 36.4 Å². The van der Waals surface area contributed by atoms with Gasteiger partial charge in [-0.2, -0.15) is 0 Å². The van der Waals surface area contributed by atoms with E-state index in [4.69, 9.17) is 5.73 Å². The Hall–Kier alpha value is -1.34. The third-order valence-corrected chi connectivity index (χ3v) is 4.13. The van der Waals surface area contributed by atoms with Gasteiger partial charge in [0.15, 0.2) is 5.13 Å². The first kappa shape index (κ1) is 14.1. The van der Waals surface area contributed by atoms with E-state index < -0.39 is 5.60 Å². The first-order valence-corrected chi connectivity index (χ1v) is 7.26. The zero-order chi connectivity index (χ0) is 14.0. The number of thiazole rings is 1. The molecular weight excluding hydrogens is 264 g/mol. The van der Waals surface area contributed by atoms with Gasteiger partial charge in [0.25, 0.3) is 5.91 Å². The summed E-state index contributed by atoms with van der Waals surface area (Å²) in [7, 11) is 0. The second kappa shape index (κ2) is 5.34. The van der Waals surface area contributed by atoms with Crippen molar-refractivity contribution in [3.8, 4) is 0 Å². The lowest BCUT2D eigenvalue weighted by atomic mass is 10.1. The number of hydrogen-bond acceptors (Lipinski definition) is 6. The Bertz CT molecular complexity index is 472. The van der Waals surface area contributed by atoms with E-state index in [0.29, 0.717) is 29.5 Å². The van der Waals surface area contributed by atoms with Crippen LogP contribution < -0.4 is 11.1 Å². The molecule has 4 N–H and O–H groups in total. The van der Waals surface area contributed by atoms with Crippen molar-refractivity contribution < 1.29 is 9.90 Å². The lowest BCUT2D eigenvalue weighted by molar-refractivity contribution is 0.0575. The summed E-state index contributed by atoms with van der Waals surface area (Å²) in [6.45, 7) is 5.51. The van der Waals surface area contributed by atoms with Crippen LogP contribution in [0.3, 0.4) is 0 Å². The SMILES string of the molecule is CCCNc1nc(N)c(C(=O)N2CCC(C)(O)C2)s1. The fraction of sp³-hybridized carbons (Fsp3) is 0.667. The van der Waals surface area contributed by atoms with Crippen LogP contribution in [-0.2, 0) is 0 Å². The predicted octanol–water partition coefficient (Wildman–Crippen LogP) is 1.14. The summed E-state index contributed by atoms with van der Waals surface area (Å²) in [5, 5.41) is 13.7. The number of anilines is 2. The predicted molar refractivity (Wildman–Crippen MR) is 76.5 cm³/mol. The highest BCUT2D eigenvalue weighted by molar-refractivity contribution is 7.18. The fourth-order valence-corrected chi connectivity index (χ4v) is 2.93. The maximum Gasteiger partial charge on any atom is 0.267 e. The van der Waals surface area contributed by atoms with Crippen LogP contribution in [0.2, 0.25) is 0 Å². The van der Waals surface area contributed by atoms with Crippen molar-refractivity contribution in [3.05, 3.63) is 4.88 Å². The van der Waals surface area contributed by atoms with Gasteiger partial charge in [-0.3, -0.25) is 4.79 Å². The monoisotopic (exact) mass is 284 g/mol. The van der Waals surface area contributed by atoms with E-state index in [0.717, 1.165) is 13.0 Å². The van der Waals surface area contributed by atoms with Gasteiger partial charge in [-0.1, -0.05) is 18.3 Å². The smallest absolute Gasteiger partial charge is 0.267 e. The molecule has 1 aliphatic rings. The van der Waals surface area contributed by atoms with Crippen molar-refractivity contribution in [3.63, 3.8) is 0 Å². The molecule has 1 aliphatic heterocycles. The second-order valence-electron chi connectivity index (χ2n) is 5.13. The zero-order valence-corrected chi connectivity index (χ0v) is 12.1. The van der Waals surface area contributed by atoms with Crippen LogP contribution >= 0.6 is 11.3 Å². The van der Waals surface area contributed by atoms with Crippen LogP contribution in [0.4, 0.5) is 10.9 Å². The van der Waals surface area contributed by atoms with Gasteiger partial charge in [-0.05, 0) is 19.8 Å². The number of nitrogens with one attached hydrogen (secondary N) is 1. The molecule has 1 saturated heterocycles. The molecule has 1 atom stereocenters. The van der Waals surface area contributed by atoms with Crippen molar-refractivity contribution >= 4 is 28.2 Å². The zero-order valence-electron chi connectivity index (χ0n) is 11.3. The van der Waals surface area contributed by atoms with E-state index in [1.165, 1.54) is 11.3 Å². The highest BCUT2D eigenvalue weighted by Gasteiger charge is 2.35. The molecule has 0 radical (unpaired) electrons. The number of likely N-dealkylation sites (tertiary alicyclic amines) is 1. The molecule has 0 spiro atoms. The first-order chi connectivity index (χ1) is 8.93. The summed E-state index contributed by atoms with van der Waals surface area (Å²) in [5.41, 5.74) is 5.01. The number of β-amino-alcohol motifs (C(OH)–C–C–N with tert-alkyl or cyclic N) is 1. The van der Waals surface area contributed by atoms with Gasteiger partial charge in [0.05, 0.1) is 5.60 Å². The summed E-state index contributed by atoms with van der Waals surface area (Å²) in [4.78, 5) is 18.6. The first-order valence-electron chi connectivity index (χ1n) is 6.45. The standard InChI is InChI=1S/C12H20N4O2S/c1-3-5-14-11-15-9(13)8(19-11)10(17)16-6-4-12(2,18)7-16/h18H,3-7,13H2,1-2H3,(H,14,15). The second-order valence-corrected chi connectivity index (χ2v) is 6.13. The molecule has 19 heavy (non-hydrogen) atoms. The summed E-state index contributed by atoms with van der Waals surface area (Å²) in [6, 6.07) is 0. The fourth-order valence-electron chi connectivity index (χ4n) is 2.05. The van der Waals surface area contributed by atoms with Gasteiger partial charge in [-0.25, -0.2) is 4.98 Å². The maximum atomic E-state index is 12.3. The number of nitrogens with zero attached hydrogens (tertiary/aromatic N) is 2. The minimum absolute atomic E-state index is 0.141. The van der Waals surface area contributed by atoms with Crippen LogP contribution in [0.25, 0.3) is 0 Å². The van der Waals surface area contributed by atoms with Gasteiger partial charge in [0, 0.05) is 19.6 Å². The Morgan fingerprint density at radius 2 is 2.42 bits per heavy atom. The lowest BCUT2D eigenvalue weighted by Gasteiger charge is -2.18. The van der Waals surface area contributed by atoms with E-state index in [2.05, 4.69) is 17.2 Å². The number of hydrogen-bond donors (Lipinski definition) is 3. The molecular formula is C12H20N4O2S. The molecule has 106 valence electrons. The molecule has 1 unspecified atom stereocenters. The maximum absolute atomic E-state index is 12.3. The molecule has 0 aliphatic carbocycles. The van der Waals surface area contributed by atoms with Gasteiger partial charge in [0.2, 0.25) is 0 Å². The van der Waals surface area contributed by atoms with Crippen LogP contribution in [0, 0.1) is 0 Å². The summed E-state index contributed by atoms with van der Waals surface area (Å²) < 4.78 is 0.